The Morgan fingerprint density at radius 2 is 1.02 bits per heavy atom. The van der Waals surface area contributed by atoms with Gasteiger partial charge in [0.15, 0.2) is 11.5 Å². The summed E-state index contributed by atoms with van der Waals surface area (Å²) >= 11 is 18.8. The minimum absolute atomic E-state index is 0.00859. The van der Waals surface area contributed by atoms with Crippen molar-refractivity contribution in [2.45, 2.75) is 91.9 Å². The number of nitrogens with zero attached hydrogens (tertiary/aromatic N) is 2. The van der Waals surface area contributed by atoms with Crippen LogP contribution in [-0.4, -0.2) is 56.6 Å². The van der Waals surface area contributed by atoms with Gasteiger partial charge in [0.05, 0.1) is 19.6 Å². The molecule has 3 aromatic heterocycles. The molecular weight excluding hydrogens is 821 g/mol. The SMILES string of the molecule is CCCCCCc1cc(/C=C2\SC(=S)N(CC)C2=O)sc1/C=C/c1sc(/C=C/c2sc(/C=C3/SC(=S)N(CC)C3=O)cc2CCCCCC)c2c1OCCO2. The number of carbonyl (C=O) groups is 2. The lowest BCUT2D eigenvalue weighted by molar-refractivity contribution is -0.122. The monoisotopic (exact) mass is 868 g/mol. The number of thiocarbonyl (C=S) groups is 2. The normalized spacial score (nSPS) is 17.6. The number of ether oxygens (including phenoxy) is 2. The maximum atomic E-state index is 13.0. The molecule has 0 unspecified atom stereocenters. The lowest BCUT2D eigenvalue weighted by Gasteiger charge is -2.16. The summed E-state index contributed by atoms with van der Waals surface area (Å²) in [7, 11) is 0. The zero-order valence-electron chi connectivity index (χ0n) is 31.9. The smallest absolute Gasteiger partial charge is 0.266 e. The number of hydrogen-bond donors (Lipinski definition) is 0. The standard InChI is InChI=1S/C42H48N2O4S7/c1-5-9-11-13-15-27-23-29(25-35-39(45)43(7-3)41(49)54-35)51-31(27)17-19-33-37-38(48-22-21-47-37)34(53-33)20-18-32-28(16-14-12-10-6-2)24-30(52-32)26-36-40(46)44(8-4)42(50)55-36/h17-20,23-26H,5-16,21-22H2,1-4H3/b19-17+,20-18+,35-25-,36-26+. The summed E-state index contributed by atoms with van der Waals surface area (Å²) in [5, 5.41) is 0. The highest BCUT2D eigenvalue weighted by Gasteiger charge is 2.32. The van der Waals surface area contributed by atoms with E-state index in [1.165, 1.54) is 82.9 Å². The number of aryl methyl sites for hydroxylation is 2. The predicted molar refractivity (Wildman–Crippen MR) is 249 cm³/mol. The van der Waals surface area contributed by atoms with Gasteiger partial charge < -0.3 is 9.47 Å². The van der Waals surface area contributed by atoms with Crippen LogP contribution in [0.3, 0.4) is 0 Å². The molecule has 6 nitrogen and oxygen atoms in total. The molecule has 0 aliphatic carbocycles. The predicted octanol–water partition coefficient (Wildman–Crippen LogP) is 12.7. The number of unbranched alkanes of at least 4 members (excludes halogenated alkanes) is 6. The number of likely N-dealkylation sites (N-methyl/N-ethyl adjacent to an activating group) is 2. The molecule has 6 rings (SSSR count). The van der Waals surface area contributed by atoms with Crippen molar-refractivity contribution in [3.8, 4) is 11.5 Å². The molecule has 6 heterocycles. The summed E-state index contributed by atoms with van der Waals surface area (Å²) in [5.41, 5.74) is 2.60. The molecule has 0 saturated carbocycles. The van der Waals surface area contributed by atoms with Crippen molar-refractivity contribution in [1.29, 1.82) is 0 Å². The minimum Gasteiger partial charge on any atom is -0.485 e. The first-order valence-electron chi connectivity index (χ1n) is 19.3. The van der Waals surface area contributed by atoms with Crippen LogP contribution < -0.4 is 9.47 Å². The van der Waals surface area contributed by atoms with E-state index < -0.39 is 0 Å². The van der Waals surface area contributed by atoms with E-state index in [1.807, 2.05) is 26.0 Å². The summed E-state index contributed by atoms with van der Waals surface area (Å²) in [5.74, 6) is 1.57. The maximum Gasteiger partial charge on any atom is 0.266 e. The average molecular weight is 869 g/mol. The highest BCUT2D eigenvalue weighted by atomic mass is 32.2. The molecule has 0 atom stereocenters. The van der Waals surface area contributed by atoms with Gasteiger partial charge in [0.25, 0.3) is 11.8 Å². The Kier molecular flexibility index (Phi) is 15.5. The molecule has 2 saturated heterocycles. The molecule has 0 spiro atoms. The second kappa shape index (κ2) is 20.3. The average Bonchev–Trinajstić information content (AvgIpc) is 3.97. The van der Waals surface area contributed by atoms with Gasteiger partial charge in [0, 0.05) is 32.6 Å². The Hall–Kier alpha value is -2.52. The molecule has 0 N–H and O–H groups in total. The molecule has 2 amide bonds. The molecule has 2 fully saturated rings. The number of thiophene rings is 3. The first-order valence-corrected chi connectivity index (χ1v) is 24.2. The topological polar surface area (TPSA) is 59.1 Å². The number of thioether (sulfide) groups is 2. The molecule has 55 heavy (non-hydrogen) atoms. The minimum atomic E-state index is -0.00859. The van der Waals surface area contributed by atoms with Crippen LogP contribution in [0.5, 0.6) is 11.5 Å². The zero-order chi connectivity index (χ0) is 38.9. The van der Waals surface area contributed by atoms with Crippen LogP contribution in [-0.2, 0) is 22.4 Å². The fraction of sp³-hybridized carbons (Fsp3) is 0.429. The number of fused-ring (bicyclic) bond motifs is 1. The van der Waals surface area contributed by atoms with E-state index in [0.717, 1.165) is 56.7 Å². The van der Waals surface area contributed by atoms with Gasteiger partial charge >= 0.3 is 0 Å². The van der Waals surface area contributed by atoms with Crippen LogP contribution in [0, 0.1) is 0 Å². The van der Waals surface area contributed by atoms with Crippen LogP contribution in [0.15, 0.2) is 21.9 Å². The molecule has 0 aromatic carbocycles. The number of amides is 2. The highest BCUT2D eigenvalue weighted by molar-refractivity contribution is 8.27. The number of rotatable bonds is 18. The van der Waals surface area contributed by atoms with E-state index in [-0.39, 0.29) is 11.8 Å². The molecule has 3 aliphatic heterocycles. The van der Waals surface area contributed by atoms with Crippen LogP contribution in [0.25, 0.3) is 36.5 Å². The summed E-state index contributed by atoms with van der Waals surface area (Å²) in [6.07, 6.45) is 24.2. The van der Waals surface area contributed by atoms with E-state index in [1.54, 1.807) is 43.8 Å². The molecule has 0 radical (unpaired) electrons. The van der Waals surface area contributed by atoms with E-state index in [9.17, 15) is 9.59 Å². The number of hydrogen-bond acceptors (Lipinski definition) is 11. The maximum absolute atomic E-state index is 13.0. The van der Waals surface area contributed by atoms with Gasteiger partial charge in [-0.1, -0.05) is 100 Å². The van der Waals surface area contributed by atoms with Gasteiger partial charge in [-0.15, -0.1) is 34.0 Å². The third-order valence-corrected chi connectivity index (χ3v) is 15.5. The van der Waals surface area contributed by atoms with Crippen LogP contribution in [0.2, 0.25) is 0 Å². The van der Waals surface area contributed by atoms with E-state index in [4.69, 9.17) is 33.9 Å². The second-order valence-corrected chi connectivity index (χ2v) is 20.1. The zero-order valence-corrected chi connectivity index (χ0v) is 37.6. The molecule has 292 valence electrons. The molecule has 3 aromatic rings. The Labute approximate surface area is 357 Å². The van der Waals surface area contributed by atoms with Gasteiger partial charge in [-0.2, -0.15) is 0 Å². The van der Waals surface area contributed by atoms with E-state index >= 15 is 0 Å². The van der Waals surface area contributed by atoms with Crippen LogP contribution in [0.4, 0.5) is 0 Å². The van der Waals surface area contributed by atoms with E-state index in [0.29, 0.717) is 44.8 Å². The van der Waals surface area contributed by atoms with Crippen molar-refractivity contribution in [2.24, 2.45) is 0 Å². The molecular formula is C42H48N2O4S7. The third-order valence-electron chi connectivity index (χ3n) is 9.47. The second-order valence-electron chi connectivity index (χ2n) is 13.4. The van der Waals surface area contributed by atoms with Crippen molar-refractivity contribution in [3.05, 3.63) is 62.3 Å². The Morgan fingerprint density at radius 1 is 0.600 bits per heavy atom. The fourth-order valence-corrected chi connectivity index (χ4v) is 12.6. The van der Waals surface area contributed by atoms with Gasteiger partial charge in [0.2, 0.25) is 0 Å². The van der Waals surface area contributed by atoms with Crippen molar-refractivity contribution >= 4 is 139 Å². The first kappa shape index (κ1) is 42.1. The number of carbonyl (C=O) groups excluding carboxylic acids is 2. The third kappa shape index (κ3) is 10.3. The Bertz CT molecular complexity index is 1890. The Morgan fingerprint density at radius 3 is 1.40 bits per heavy atom. The van der Waals surface area contributed by atoms with Crippen LogP contribution in [0.1, 0.15) is 119 Å². The van der Waals surface area contributed by atoms with Crippen LogP contribution >= 0.6 is 82.0 Å². The quantitative estimate of drug-likeness (QED) is 0.0712. The summed E-state index contributed by atoms with van der Waals surface area (Å²) in [6.45, 7) is 10.6. The molecule has 13 heteroatoms. The summed E-state index contributed by atoms with van der Waals surface area (Å²) in [4.78, 5) is 37.2. The summed E-state index contributed by atoms with van der Waals surface area (Å²) < 4.78 is 13.7. The van der Waals surface area contributed by atoms with Gasteiger partial charge in [0.1, 0.15) is 21.9 Å². The van der Waals surface area contributed by atoms with Crippen molar-refractivity contribution < 1.29 is 19.1 Å². The lowest BCUT2D eigenvalue weighted by atomic mass is 10.1. The Balaban J connectivity index is 1.28. The lowest BCUT2D eigenvalue weighted by Crippen LogP contribution is -2.27. The van der Waals surface area contributed by atoms with Crippen molar-refractivity contribution in [2.75, 3.05) is 26.3 Å². The van der Waals surface area contributed by atoms with Gasteiger partial charge in [-0.3, -0.25) is 19.4 Å². The van der Waals surface area contributed by atoms with Crippen molar-refractivity contribution in [1.82, 2.24) is 9.80 Å². The van der Waals surface area contributed by atoms with Gasteiger partial charge in [-0.25, -0.2) is 0 Å². The summed E-state index contributed by atoms with van der Waals surface area (Å²) in [6, 6.07) is 4.49. The van der Waals surface area contributed by atoms with Crippen molar-refractivity contribution in [3.63, 3.8) is 0 Å². The van der Waals surface area contributed by atoms with E-state index in [2.05, 4.69) is 50.3 Å². The fourth-order valence-electron chi connectivity index (χ4n) is 6.55. The van der Waals surface area contributed by atoms with Gasteiger partial charge in [-0.05, 0) is 99.2 Å². The largest absolute Gasteiger partial charge is 0.485 e. The molecule has 0 bridgehead atoms. The molecule has 3 aliphatic rings. The highest BCUT2D eigenvalue weighted by Crippen LogP contribution is 2.47. The first-order chi connectivity index (χ1) is 26.7.